The highest BCUT2D eigenvalue weighted by molar-refractivity contribution is 5.12. The van der Waals surface area contributed by atoms with Gasteiger partial charge in [-0.1, -0.05) is 37.8 Å². The highest BCUT2D eigenvalue weighted by atomic mass is 14.6. The molecule has 0 aromatic carbocycles. The van der Waals surface area contributed by atoms with Crippen molar-refractivity contribution in [2.45, 2.75) is 57.9 Å². The Hall–Kier alpha value is -0.300. The first kappa shape index (κ1) is 9.79. The molecule has 0 saturated carbocycles. The molecule has 0 saturated heterocycles. The molecular formula is C11H21N. The Morgan fingerprint density at radius 2 is 2.25 bits per heavy atom. The van der Waals surface area contributed by atoms with Crippen LogP contribution in [0.15, 0.2) is 11.6 Å². The first-order chi connectivity index (χ1) is 5.83. The smallest absolute Gasteiger partial charge is 0.0229 e. The van der Waals surface area contributed by atoms with Crippen LogP contribution in [0.4, 0.5) is 0 Å². The second-order valence-corrected chi connectivity index (χ2v) is 3.84. The molecule has 0 heterocycles. The molecule has 0 bridgehead atoms. The van der Waals surface area contributed by atoms with Gasteiger partial charge in [-0.15, -0.1) is 0 Å². The molecule has 1 unspecified atom stereocenters. The Morgan fingerprint density at radius 1 is 1.42 bits per heavy atom. The predicted octanol–water partition coefficient (Wildman–Crippen LogP) is 3.00. The van der Waals surface area contributed by atoms with Crippen LogP contribution in [0.3, 0.4) is 0 Å². The summed E-state index contributed by atoms with van der Waals surface area (Å²) in [5, 5.41) is 0. The summed E-state index contributed by atoms with van der Waals surface area (Å²) >= 11 is 0. The van der Waals surface area contributed by atoms with Gasteiger partial charge in [-0.05, 0) is 25.7 Å². The second kappa shape index (κ2) is 5.36. The zero-order chi connectivity index (χ0) is 8.81. The topological polar surface area (TPSA) is 26.0 Å². The maximum atomic E-state index is 5.78. The van der Waals surface area contributed by atoms with E-state index in [2.05, 4.69) is 13.0 Å². The van der Waals surface area contributed by atoms with Gasteiger partial charge in [0.15, 0.2) is 0 Å². The lowest BCUT2D eigenvalue weighted by atomic mass is 10.1. The summed E-state index contributed by atoms with van der Waals surface area (Å²) in [4.78, 5) is 0. The minimum absolute atomic E-state index is 0.367. The van der Waals surface area contributed by atoms with Gasteiger partial charge in [0.2, 0.25) is 0 Å². The quantitative estimate of drug-likeness (QED) is 0.494. The standard InChI is InChI=1S/C11H21N/c1-2-3-4-5-6-10-7-8-11(12)9-10/h9,11H,2-8,12H2,1H3. The Bertz CT molecular complexity index is 149. The molecule has 1 aliphatic carbocycles. The number of nitrogens with two attached hydrogens (primary N) is 1. The molecular weight excluding hydrogens is 146 g/mol. The summed E-state index contributed by atoms with van der Waals surface area (Å²) < 4.78 is 0. The fourth-order valence-electron chi connectivity index (χ4n) is 1.81. The molecule has 0 aromatic rings. The van der Waals surface area contributed by atoms with E-state index in [0.717, 1.165) is 0 Å². The van der Waals surface area contributed by atoms with E-state index in [0.29, 0.717) is 6.04 Å². The van der Waals surface area contributed by atoms with Crippen LogP contribution in [0.1, 0.15) is 51.9 Å². The van der Waals surface area contributed by atoms with Gasteiger partial charge < -0.3 is 5.73 Å². The van der Waals surface area contributed by atoms with Gasteiger partial charge in [0.05, 0.1) is 0 Å². The van der Waals surface area contributed by atoms with Gasteiger partial charge in [0.25, 0.3) is 0 Å². The molecule has 1 aliphatic rings. The van der Waals surface area contributed by atoms with Crippen molar-refractivity contribution < 1.29 is 0 Å². The summed E-state index contributed by atoms with van der Waals surface area (Å²) in [6, 6.07) is 0.367. The van der Waals surface area contributed by atoms with Gasteiger partial charge in [-0.25, -0.2) is 0 Å². The summed E-state index contributed by atoms with van der Waals surface area (Å²) in [5.41, 5.74) is 7.39. The molecule has 1 atom stereocenters. The lowest BCUT2D eigenvalue weighted by Crippen LogP contribution is -2.11. The number of rotatable bonds is 5. The normalized spacial score (nSPS) is 22.8. The summed E-state index contributed by atoms with van der Waals surface area (Å²) in [7, 11) is 0. The summed E-state index contributed by atoms with van der Waals surface area (Å²) in [5.74, 6) is 0. The van der Waals surface area contributed by atoms with E-state index in [1.165, 1.54) is 44.9 Å². The van der Waals surface area contributed by atoms with Crippen molar-refractivity contribution in [2.24, 2.45) is 5.73 Å². The van der Waals surface area contributed by atoms with Crippen LogP contribution in [0.2, 0.25) is 0 Å². The van der Waals surface area contributed by atoms with E-state index in [1.807, 2.05) is 0 Å². The SMILES string of the molecule is CCCCCCC1=CC(N)CC1. The highest BCUT2D eigenvalue weighted by Gasteiger charge is 2.10. The first-order valence-electron chi connectivity index (χ1n) is 5.28. The molecule has 0 amide bonds. The van der Waals surface area contributed by atoms with E-state index in [-0.39, 0.29) is 0 Å². The maximum absolute atomic E-state index is 5.78. The number of unbranched alkanes of at least 4 members (excludes halogenated alkanes) is 3. The fourth-order valence-corrected chi connectivity index (χ4v) is 1.81. The largest absolute Gasteiger partial charge is 0.324 e. The summed E-state index contributed by atoms with van der Waals surface area (Å²) in [6.45, 7) is 2.25. The van der Waals surface area contributed by atoms with Crippen LogP contribution < -0.4 is 5.73 Å². The van der Waals surface area contributed by atoms with E-state index in [1.54, 1.807) is 5.57 Å². The molecule has 0 fully saturated rings. The number of hydrogen-bond donors (Lipinski definition) is 1. The minimum Gasteiger partial charge on any atom is -0.324 e. The van der Waals surface area contributed by atoms with Crippen LogP contribution in [-0.2, 0) is 0 Å². The molecule has 1 nitrogen and oxygen atoms in total. The third kappa shape index (κ3) is 3.40. The van der Waals surface area contributed by atoms with Crippen LogP contribution >= 0.6 is 0 Å². The number of hydrogen-bond acceptors (Lipinski definition) is 1. The van der Waals surface area contributed by atoms with Gasteiger partial charge in [0.1, 0.15) is 0 Å². The van der Waals surface area contributed by atoms with Crippen molar-refractivity contribution in [3.05, 3.63) is 11.6 Å². The highest BCUT2D eigenvalue weighted by Crippen LogP contribution is 2.22. The first-order valence-corrected chi connectivity index (χ1v) is 5.28. The zero-order valence-corrected chi connectivity index (χ0v) is 8.18. The van der Waals surface area contributed by atoms with E-state index in [4.69, 9.17) is 5.73 Å². The molecule has 1 heteroatoms. The van der Waals surface area contributed by atoms with Crippen molar-refractivity contribution in [1.29, 1.82) is 0 Å². The number of allylic oxidation sites excluding steroid dienone is 1. The predicted molar refractivity (Wildman–Crippen MR) is 54.1 cm³/mol. The Balaban J connectivity index is 2.03. The average molecular weight is 167 g/mol. The van der Waals surface area contributed by atoms with Crippen LogP contribution in [0, 0.1) is 0 Å². The van der Waals surface area contributed by atoms with Crippen LogP contribution in [-0.4, -0.2) is 6.04 Å². The fraction of sp³-hybridized carbons (Fsp3) is 0.818. The molecule has 0 radical (unpaired) electrons. The monoisotopic (exact) mass is 167 g/mol. The lowest BCUT2D eigenvalue weighted by Gasteiger charge is -1.99. The van der Waals surface area contributed by atoms with E-state index < -0.39 is 0 Å². The molecule has 0 aliphatic heterocycles. The maximum Gasteiger partial charge on any atom is 0.0229 e. The summed E-state index contributed by atoms with van der Waals surface area (Å²) in [6.07, 6.45) is 11.5. The van der Waals surface area contributed by atoms with E-state index in [9.17, 15) is 0 Å². The molecule has 12 heavy (non-hydrogen) atoms. The average Bonchev–Trinajstić information content (AvgIpc) is 2.45. The van der Waals surface area contributed by atoms with E-state index >= 15 is 0 Å². The van der Waals surface area contributed by atoms with Crippen molar-refractivity contribution in [3.63, 3.8) is 0 Å². The minimum atomic E-state index is 0.367. The Morgan fingerprint density at radius 3 is 2.83 bits per heavy atom. The molecule has 70 valence electrons. The van der Waals surface area contributed by atoms with Gasteiger partial charge in [0, 0.05) is 6.04 Å². The van der Waals surface area contributed by atoms with Crippen LogP contribution in [0.5, 0.6) is 0 Å². The van der Waals surface area contributed by atoms with Gasteiger partial charge in [-0.2, -0.15) is 0 Å². The molecule has 0 aromatic heterocycles. The van der Waals surface area contributed by atoms with Crippen molar-refractivity contribution in [3.8, 4) is 0 Å². The molecule has 2 N–H and O–H groups in total. The second-order valence-electron chi connectivity index (χ2n) is 3.84. The lowest BCUT2D eigenvalue weighted by molar-refractivity contribution is 0.656. The van der Waals surface area contributed by atoms with Gasteiger partial charge >= 0.3 is 0 Å². The molecule has 1 rings (SSSR count). The third-order valence-electron chi connectivity index (χ3n) is 2.60. The van der Waals surface area contributed by atoms with Crippen LogP contribution in [0.25, 0.3) is 0 Å². The Kier molecular flexibility index (Phi) is 4.37. The Labute approximate surface area is 76.0 Å². The third-order valence-corrected chi connectivity index (χ3v) is 2.60. The van der Waals surface area contributed by atoms with Crippen molar-refractivity contribution in [1.82, 2.24) is 0 Å². The van der Waals surface area contributed by atoms with Crippen molar-refractivity contribution in [2.75, 3.05) is 0 Å². The van der Waals surface area contributed by atoms with Gasteiger partial charge in [-0.3, -0.25) is 0 Å². The zero-order valence-electron chi connectivity index (χ0n) is 8.18. The molecule has 0 spiro atoms. The van der Waals surface area contributed by atoms with Crippen molar-refractivity contribution >= 4 is 0 Å².